The van der Waals surface area contributed by atoms with Gasteiger partial charge < -0.3 is 10.6 Å². The third-order valence-corrected chi connectivity index (χ3v) is 3.03. The normalized spacial score (nSPS) is 36.4. The van der Waals surface area contributed by atoms with Crippen LogP contribution in [0, 0.1) is 0 Å². The number of hydrogen-bond donors (Lipinski definition) is 1. The molecule has 3 nitrogen and oxygen atoms in total. The first-order valence-electron chi connectivity index (χ1n) is 4.85. The fraction of sp³-hybridized carbons (Fsp3) is 0.889. The molecule has 2 aliphatic rings. The molecule has 0 unspecified atom stereocenters. The second-order valence-corrected chi connectivity index (χ2v) is 3.87. The van der Waals surface area contributed by atoms with Crippen molar-refractivity contribution in [1.29, 1.82) is 0 Å². The molecule has 0 saturated carbocycles. The average Bonchev–Trinajstić information content (AvgIpc) is 2.46. The zero-order valence-electron chi connectivity index (χ0n) is 7.33. The summed E-state index contributed by atoms with van der Waals surface area (Å²) < 4.78 is 0. The fourth-order valence-corrected chi connectivity index (χ4v) is 2.34. The highest BCUT2D eigenvalue weighted by molar-refractivity contribution is 5.82. The summed E-state index contributed by atoms with van der Waals surface area (Å²) in [6.07, 6.45) is 5.53. The second-order valence-electron chi connectivity index (χ2n) is 3.87. The van der Waals surface area contributed by atoms with Crippen molar-refractivity contribution < 1.29 is 4.79 Å². The summed E-state index contributed by atoms with van der Waals surface area (Å²) in [5.41, 5.74) is 5.74. The Labute approximate surface area is 72.9 Å². The minimum Gasteiger partial charge on any atom is -0.338 e. The molecular weight excluding hydrogens is 152 g/mol. The van der Waals surface area contributed by atoms with Crippen LogP contribution >= 0.6 is 0 Å². The molecule has 2 atom stereocenters. The SMILES string of the molecule is N[C@H]1CCC[C@H]2CCCN2C1=O. The van der Waals surface area contributed by atoms with Crippen molar-refractivity contribution in [2.24, 2.45) is 5.73 Å². The van der Waals surface area contributed by atoms with Crippen LogP contribution in [0.25, 0.3) is 0 Å². The van der Waals surface area contributed by atoms with Gasteiger partial charge in [-0.15, -0.1) is 0 Å². The van der Waals surface area contributed by atoms with Gasteiger partial charge in [-0.2, -0.15) is 0 Å². The molecule has 0 aromatic carbocycles. The van der Waals surface area contributed by atoms with E-state index in [2.05, 4.69) is 0 Å². The molecule has 0 radical (unpaired) electrons. The largest absolute Gasteiger partial charge is 0.338 e. The van der Waals surface area contributed by atoms with Crippen LogP contribution in [-0.2, 0) is 4.79 Å². The lowest BCUT2D eigenvalue weighted by molar-refractivity contribution is -0.132. The molecule has 0 aromatic rings. The lowest BCUT2D eigenvalue weighted by atomic mass is 10.1. The van der Waals surface area contributed by atoms with Gasteiger partial charge in [0.05, 0.1) is 6.04 Å². The Hall–Kier alpha value is -0.570. The first-order chi connectivity index (χ1) is 5.79. The quantitative estimate of drug-likeness (QED) is 0.572. The fourth-order valence-electron chi connectivity index (χ4n) is 2.34. The summed E-state index contributed by atoms with van der Waals surface area (Å²) in [7, 11) is 0. The van der Waals surface area contributed by atoms with Crippen LogP contribution in [0.1, 0.15) is 32.1 Å². The van der Waals surface area contributed by atoms with Crippen LogP contribution in [0.4, 0.5) is 0 Å². The van der Waals surface area contributed by atoms with Gasteiger partial charge in [0.25, 0.3) is 0 Å². The van der Waals surface area contributed by atoms with Crippen LogP contribution in [0.5, 0.6) is 0 Å². The molecule has 0 bridgehead atoms. The monoisotopic (exact) mass is 168 g/mol. The van der Waals surface area contributed by atoms with E-state index in [0.717, 1.165) is 19.4 Å². The Morgan fingerprint density at radius 3 is 2.83 bits per heavy atom. The van der Waals surface area contributed by atoms with Crippen molar-refractivity contribution in [2.75, 3.05) is 6.54 Å². The van der Waals surface area contributed by atoms with Gasteiger partial charge >= 0.3 is 0 Å². The number of hydrogen-bond acceptors (Lipinski definition) is 2. The Morgan fingerprint density at radius 1 is 1.25 bits per heavy atom. The highest BCUT2D eigenvalue weighted by atomic mass is 16.2. The molecule has 0 aliphatic carbocycles. The lowest BCUT2D eigenvalue weighted by Gasteiger charge is -2.23. The van der Waals surface area contributed by atoms with E-state index in [1.54, 1.807) is 0 Å². The number of carbonyl (C=O) groups is 1. The first-order valence-corrected chi connectivity index (χ1v) is 4.85. The van der Waals surface area contributed by atoms with Crippen LogP contribution in [0.3, 0.4) is 0 Å². The maximum atomic E-state index is 11.6. The van der Waals surface area contributed by atoms with E-state index >= 15 is 0 Å². The maximum absolute atomic E-state index is 11.6. The second kappa shape index (κ2) is 3.05. The highest BCUT2D eigenvalue weighted by Gasteiger charge is 2.33. The van der Waals surface area contributed by atoms with Crippen molar-refractivity contribution in [3.05, 3.63) is 0 Å². The standard InChI is InChI=1S/C9H16N2O/c10-8-5-1-3-7-4-2-6-11(7)9(8)12/h7-8H,1-6,10H2/t7-,8-/m0/s1. The molecule has 0 aromatic heterocycles. The Balaban J connectivity index is 2.13. The van der Waals surface area contributed by atoms with E-state index in [1.165, 1.54) is 19.3 Å². The molecular formula is C9H16N2O. The third-order valence-electron chi connectivity index (χ3n) is 3.03. The molecule has 2 heterocycles. The molecule has 3 heteroatoms. The summed E-state index contributed by atoms with van der Waals surface area (Å²) >= 11 is 0. The zero-order valence-corrected chi connectivity index (χ0v) is 7.33. The van der Waals surface area contributed by atoms with Crippen LogP contribution in [-0.4, -0.2) is 29.4 Å². The number of nitrogens with zero attached hydrogens (tertiary/aromatic N) is 1. The van der Waals surface area contributed by atoms with Gasteiger partial charge in [-0.1, -0.05) is 0 Å². The van der Waals surface area contributed by atoms with E-state index in [1.807, 2.05) is 4.90 Å². The number of nitrogens with two attached hydrogens (primary N) is 1. The third kappa shape index (κ3) is 1.22. The lowest BCUT2D eigenvalue weighted by Crippen LogP contribution is -2.43. The number of carbonyl (C=O) groups excluding carboxylic acids is 1. The number of rotatable bonds is 0. The van der Waals surface area contributed by atoms with Crippen molar-refractivity contribution in [1.82, 2.24) is 4.90 Å². The van der Waals surface area contributed by atoms with Crippen molar-refractivity contribution in [3.8, 4) is 0 Å². The van der Waals surface area contributed by atoms with Crippen LogP contribution in [0.15, 0.2) is 0 Å². The van der Waals surface area contributed by atoms with Gasteiger partial charge in [-0.3, -0.25) is 4.79 Å². The van der Waals surface area contributed by atoms with E-state index < -0.39 is 0 Å². The highest BCUT2D eigenvalue weighted by Crippen LogP contribution is 2.26. The van der Waals surface area contributed by atoms with Crippen molar-refractivity contribution in [2.45, 2.75) is 44.2 Å². The summed E-state index contributed by atoms with van der Waals surface area (Å²) in [6, 6.07) is 0.305. The molecule has 2 fully saturated rings. The van der Waals surface area contributed by atoms with Gasteiger partial charge in [0.2, 0.25) is 5.91 Å². The summed E-state index contributed by atoms with van der Waals surface area (Å²) in [5.74, 6) is 0.190. The zero-order chi connectivity index (χ0) is 8.55. The van der Waals surface area contributed by atoms with Gasteiger partial charge in [-0.25, -0.2) is 0 Å². The summed E-state index contributed by atoms with van der Waals surface area (Å²) in [6.45, 7) is 0.942. The molecule has 68 valence electrons. The molecule has 2 saturated heterocycles. The topological polar surface area (TPSA) is 46.3 Å². The van der Waals surface area contributed by atoms with Crippen molar-refractivity contribution in [3.63, 3.8) is 0 Å². The van der Waals surface area contributed by atoms with Gasteiger partial charge in [-0.05, 0) is 32.1 Å². The summed E-state index contributed by atoms with van der Waals surface area (Å²) in [5, 5.41) is 0. The van der Waals surface area contributed by atoms with Crippen LogP contribution in [0.2, 0.25) is 0 Å². The predicted molar refractivity (Wildman–Crippen MR) is 46.6 cm³/mol. The van der Waals surface area contributed by atoms with E-state index in [9.17, 15) is 4.79 Å². The Bertz CT molecular complexity index is 193. The smallest absolute Gasteiger partial charge is 0.239 e. The minimum atomic E-state index is -0.215. The van der Waals surface area contributed by atoms with Gasteiger partial charge in [0.1, 0.15) is 0 Å². The Kier molecular flexibility index (Phi) is 2.05. The number of fused-ring (bicyclic) bond motifs is 1. The molecule has 1 amide bonds. The maximum Gasteiger partial charge on any atom is 0.239 e. The van der Waals surface area contributed by atoms with E-state index in [0.29, 0.717) is 6.04 Å². The molecule has 2 rings (SSSR count). The number of amides is 1. The molecule has 2 N–H and O–H groups in total. The molecule has 0 spiro atoms. The van der Waals surface area contributed by atoms with Gasteiger partial charge in [0.15, 0.2) is 0 Å². The van der Waals surface area contributed by atoms with Gasteiger partial charge in [0, 0.05) is 12.6 Å². The molecule has 2 aliphatic heterocycles. The average molecular weight is 168 g/mol. The summed E-state index contributed by atoms with van der Waals surface area (Å²) in [4.78, 5) is 13.6. The molecule has 12 heavy (non-hydrogen) atoms. The predicted octanol–water partition coefficient (Wildman–Crippen LogP) is 0.489. The minimum absolute atomic E-state index is 0.190. The van der Waals surface area contributed by atoms with E-state index in [-0.39, 0.29) is 11.9 Å². The first kappa shape index (κ1) is 8.05. The Morgan fingerprint density at radius 2 is 2.00 bits per heavy atom. The van der Waals surface area contributed by atoms with E-state index in [4.69, 9.17) is 5.73 Å². The van der Waals surface area contributed by atoms with Crippen LogP contribution < -0.4 is 5.73 Å². The van der Waals surface area contributed by atoms with Crippen molar-refractivity contribution >= 4 is 5.91 Å².